The fourth-order valence-electron chi connectivity index (χ4n) is 1.68. The number of nitrogens with one attached hydrogen (secondary N) is 1. The van der Waals surface area contributed by atoms with Gasteiger partial charge in [0, 0.05) is 12.8 Å². The Morgan fingerprint density at radius 1 is 1.62 bits per heavy atom. The molecule has 88 valence electrons. The van der Waals surface area contributed by atoms with Gasteiger partial charge in [-0.25, -0.2) is 0 Å². The first-order chi connectivity index (χ1) is 7.63. The van der Waals surface area contributed by atoms with Crippen molar-refractivity contribution in [2.45, 2.75) is 44.8 Å². The molecule has 1 aliphatic rings. The van der Waals surface area contributed by atoms with Crippen LogP contribution >= 0.6 is 0 Å². The summed E-state index contributed by atoms with van der Waals surface area (Å²) in [5, 5.41) is 2.56. The Morgan fingerprint density at radius 2 is 2.25 bits per heavy atom. The van der Waals surface area contributed by atoms with E-state index >= 15 is 0 Å². The van der Waals surface area contributed by atoms with Crippen LogP contribution in [0.3, 0.4) is 0 Å². The topological polar surface area (TPSA) is 55.4 Å². The van der Waals surface area contributed by atoms with Crippen molar-refractivity contribution in [2.75, 3.05) is 6.54 Å². The lowest BCUT2D eigenvalue weighted by atomic mass is 9.96. The molecule has 0 aromatic rings. The number of amides is 1. The molecule has 4 nitrogen and oxygen atoms in total. The molecule has 0 saturated heterocycles. The van der Waals surface area contributed by atoms with E-state index in [4.69, 9.17) is 11.2 Å². The quantitative estimate of drug-likeness (QED) is 0.712. The molecule has 16 heavy (non-hydrogen) atoms. The van der Waals surface area contributed by atoms with Crippen LogP contribution in [-0.4, -0.2) is 30.4 Å². The summed E-state index contributed by atoms with van der Waals surface area (Å²) in [7, 11) is 0. The van der Waals surface area contributed by atoms with Gasteiger partial charge >= 0.3 is 0 Å². The van der Waals surface area contributed by atoms with E-state index in [1.807, 2.05) is 0 Å². The van der Waals surface area contributed by atoms with E-state index in [0.29, 0.717) is 25.7 Å². The number of carbonyl (C=O) groups is 2. The van der Waals surface area contributed by atoms with Crippen LogP contribution < -0.4 is 5.32 Å². The molecule has 1 fully saturated rings. The zero-order valence-corrected chi connectivity index (χ0v) is 9.49. The van der Waals surface area contributed by atoms with Crippen LogP contribution in [0.5, 0.6) is 0 Å². The number of Topliss-reactive ketones (excluding diaryl/α,β-unsaturated/α-hetero) is 1. The molecule has 1 unspecified atom stereocenters. The second-order valence-electron chi connectivity index (χ2n) is 3.94. The van der Waals surface area contributed by atoms with E-state index in [0.717, 1.165) is 0 Å². The molecule has 0 aromatic heterocycles. The maximum Gasteiger partial charge on any atom is 0.249 e. The average Bonchev–Trinajstić information content (AvgIpc) is 2.29. The van der Waals surface area contributed by atoms with Gasteiger partial charge in [0.2, 0.25) is 5.91 Å². The molecule has 0 spiro atoms. The molecule has 0 aromatic carbocycles. The molecule has 1 rings (SSSR count). The van der Waals surface area contributed by atoms with Gasteiger partial charge < -0.3 is 10.1 Å². The molecule has 0 bridgehead atoms. The van der Waals surface area contributed by atoms with Gasteiger partial charge in [-0.15, -0.1) is 6.42 Å². The van der Waals surface area contributed by atoms with Crippen LogP contribution in [0.25, 0.3) is 0 Å². The minimum Gasteiger partial charge on any atom is -0.365 e. The smallest absolute Gasteiger partial charge is 0.249 e. The zero-order valence-electron chi connectivity index (χ0n) is 9.49. The van der Waals surface area contributed by atoms with E-state index in [2.05, 4.69) is 11.2 Å². The van der Waals surface area contributed by atoms with Gasteiger partial charge in [-0.3, -0.25) is 9.59 Å². The van der Waals surface area contributed by atoms with E-state index in [9.17, 15) is 9.59 Å². The summed E-state index contributed by atoms with van der Waals surface area (Å²) >= 11 is 0. The Bertz CT molecular complexity index is 296. The van der Waals surface area contributed by atoms with Crippen LogP contribution in [-0.2, 0) is 14.3 Å². The summed E-state index contributed by atoms with van der Waals surface area (Å²) in [6.45, 7) is 1.91. The minimum absolute atomic E-state index is 0.0179. The Kier molecular flexibility index (Phi) is 5.00. The van der Waals surface area contributed by atoms with Crippen molar-refractivity contribution in [1.82, 2.24) is 5.32 Å². The molecule has 1 aliphatic carbocycles. The number of carbonyl (C=O) groups excluding carboxylic acids is 2. The molecule has 1 atom stereocenters. The highest BCUT2D eigenvalue weighted by atomic mass is 16.5. The predicted octanol–water partition coefficient (Wildman–Crippen LogP) is 0.653. The number of hydrogen-bond acceptors (Lipinski definition) is 3. The van der Waals surface area contributed by atoms with Crippen molar-refractivity contribution < 1.29 is 14.3 Å². The second kappa shape index (κ2) is 6.29. The third-order valence-electron chi connectivity index (χ3n) is 2.62. The highest BCUT2D eigenvalue weighted by Crippen LogP contribution is 2.19. The number of terminal acetylenes is 1. The fourth-order valence-corrected chi connectivity index (χ4v) is 1.68. The second-order valence-corrected chi connectivity index (χ2v) is 3.94. The number of ketones is 1. The lowest BCUT2D eigenvalue weighted by Gasteiger charge is -2.24. The van der Waals surface area contributed by atoms with E-state index < -0.39 is 6.10 Å². The van der Waals surface area contributed by atoms with E-state index in [-0.39, 0.29) is 24.3 Å². The summed E-state index contributed by atoms with van der Waals surface area (Å²) in [6, 6.07) is 0. The molecule has 1 N–H and O–H groups in total. The van der Waals surface area contributed by atoms with Crippen molar-refractivity contribution in [3.05, 3.63) is 0 Å². The highest BCUT2D eigenvalue weighted by molar-refractivity contribution is 5.81. The summed E-state index contributed by atoms with van der Waals surface area (Å²) in [5.41, 5.74) is 0. The summed E-state index contributed by atoms with van der Waals surface area (Å²) < 4.78 is 5.57. The Hall–Kier alpha value is -1.34. The molecule has 0 aliphatic heterocycles. The number of rotatable bonds is 4. The Morgan fingerprint density at radius 3 is 2.81 bits per heavy atom. The van der Waals surface area contributed by atoms with Crippen molar-refractivity contribution in [1.29, 1.82) is 0 Å². The average molecular weight is 223 g/mol. The highest BCUT2D eigenvalue weighted by Gasteiger charge is 2.23. The predicted molar refractivity (Wildman–Crippen MR) is 59.7 cm³/mol. The molecular formula is C12H17NO3. The van der Waals surface area contributed by atoms with Gasteiger partial charge in [-0.1, -0.05) is 5.92 Å². The number of ether oxygens (including phenoxy) is 1. The third-order valence-corrected chi connectivity index (χ3v) is 2.62. The summed E-state index contributed by atoms with van der Waals surface area (Å²) in [6.07, 6.45) is 7.09. The van der Waals surface area contributed by atoms with Crippen molar-refractivity contribution in [3.8, 4) is 12.3 Å². The van der Waals surface area contributed by atoms with Gasteiger partial charge in [-0.2, -0.15) is 0 Å². The first kappa shape index (κ1) is 12.7. The van der Waals surface area contributed by atoms with Gasteiger partial charge in [0.1, 0.15) is 11.9 Å². The molecule has 4 heteroatoms. The summed E-state index contributed by atoms with van der Waals surface area (Å²) in [5.74, 6) is 2.41. The van der Waals surface area contributed by atoms with Gasteiger partial charge in [0.15, 0.2) is 0 Å². The molecule has 1 saturated carbocycles. The summed E-state index contributed by atoms with van der Waals surface area (Å²) in [4.78, 5) is 22.5. The maximum absolute atomic E-state index is 11.4. The minimum atomic E-state index is -0.508. The molecule has 0 radical (unpaired) electrons. The van der Waals surface area contributed by atoms with E-state index in [1.54, 1.807) is 6.92 Å². The van der Waals surface area contributed by atoms with Gasteiger partial charge in [-0.05, 0) is 19.8 Å². The van der Waals surface area contributed by atoms with E-state index in [1.165, 1.54) is 0 Å². The fraction of sp³-hybridized carbons (Fsp3) is 0.667. The number of hydrogen-bond donors (Lipinski definition) is 1. The van der Waals surface area contributed by atoms with Crippen LogP contribution in [0.4, 0.5) is 0 Å². The molecular weight excluding hydrogens is 206 g/mol. The van der Waals surface area contributed by atoms with Gasteiger partial charge in [0.05, 0.1) is 12.6 Å². The first-order valence-electron chi connectivity index (χ1n) is 5.52. The largest absolute Gasteiger partial charge is 0.365 e. The molecule has 0 heterocycles. The van der Waals surface area contributed by atoms with Crippen LogP contribution in [0, 0.1) is 12.3 Å². The van der Waals surface area contributed by atoms with Crippen molar-refractivity contribution in [2.24, 2.45) is 0 Å². The van der Waals surface area contributed by atoms with Crippen molar-refractivity contribution >= 4 is 11.7 Å². The third kappa shape index (κ3) is 4.03. The normalized spacial score (nSPS) is 18.9. The molecule has 1 amide bonds. The Labute approximate surface area is 95.7 Å². The zero-order chi connectivity index (χ0) is 12.0. The Balaban J connectivity index is 2.28. The SMILES string of the molecule is C#CCNC(=O)C(C)OC1CCC(=O)CC1. The standard InChI is InChI=1S/C12H17NO3/c1-3-8-13-12(15)9(2)16-11-6-4-10(14)5-7-11/h1,9,11H,4-8H2,2H3,(H,13,15). The maximum atomic E-state index is 11.4. The lowest BCUT2D eigenvalue weighted by molar-refractivity contribution is -0.137. The van der Waals surface area contributed by atoms with Gasteiger partial charge in [0.25, 0.3) is 0 Å². The first-order valence-corrected chi connectivity index (χ1v) is 5.52. The van der Waals surface area contributed by atoms with Crippen molar-refractivity contribution in [3.63, 3.8) is 0 Å². The van der Waals surface area contributed by atoms with Crippen LogP contribution in [0.2, 0.25) is 0 Å². The lowest BCUT2D eigenvalue weighted by Crippen LogP contribution is -2.37. The van der Waals surface area contributed by atoms with Crippen LogP contribution in [0.1, 0.15) is 32.6 Å². The van der Waals surface area contributed by atoms with Crippen LogP contribution in [0.15, 0.2) is 0 Å². The monoisotopic (exact) mass is 223 g/mol.